The van der Waals surface area contributed by atoms with Crippen LogP contribution in [-0.2, 0) is 0 Å². The average molecular weight is 279 g/mol. The van der Waals surface area contributed by atoms with Gasteiger partial charge in [-0.15, -0.1) is 0 Å². The van der Waals surface area contributed by atoms with E-state index in [0.29, 0.717) is 11.7 Å². The molecule has 1 saturated heterocycles. The Kier molecular flexibility index (Phi) is 4.79. The Morgan fingerprint density at radius 1 is 1.55 bits per heavy atom. The molecule has 0 aromatic heterocycles. The Labute approximate surface area is 118 Å². The van der Waals surface area contributed by atoms with Gasteiger partial charge in [-0.3, -0.25) is 10.1 Å². The van der Waals surface area contributed by atoms with Crippen molar-refractivity contribution in [2.75, 3.05) is 38.6 Å². The smallest absolute Gasteiger partial charge is 0.311 e. The monoisotopic (exact) mass is 279 g/mol. The maximum atomic E-state index is 10.8. The number of nitrogens with zero attached hydrogens (tertiary/aromatic N) is 2. The van der Waals surface area contributed by atoms with Crippen LogP contribution < -0.4 is 10.1 Å². The first kappa shape index (κ1) is 14.6. The van der Waals surface area contributed by atoms with Crippen LogP contribution in [0.15, 0.2) is 18.2 Å². The normalized spacial score (nSPS) is 19.0. The molecule has 110 valence electrons. The van der Waals surface area contributed by atoms with Crippen molar-refractivity contribution in [3.05, 3.63) is 28.3 Å². The highest BCUT2D eigenvalue weighted by Crippen LogP contribution is 2.30. The summed E-state index contributed by atoms with van der Waals surface area (Å²) in [5.74, 6) is 0.928. The summed E-state index contributed by atoms with van der Waals surface area (Å²) in [6, 6.07) is 4.89. The maximum Gasteiger partial charge on any atom is 0.311 e. The second-order valence-corrected chi connectivity index (χ2v) is 5.07. The molecule has 1 aromatic carbocycles. The van der Waals surface area contributed by atoms with Crippen LogP contribution in [0.3, 0.4) is 0 Å². The van der Waals surface area contributed by atoms with Crippen LogP contribution >= 0.6 is 0 Å². The summed E-state index contributed by atoms with van der Waals surface area (Å²) in [6.45, 7) is 6.44. The molecule has 1 atom stereocenters. The van der Waals surface area contributed by atoms with Gasteiger partial charge in [0.2, 0.25) is 0 Å². The Bertz CT molecular complexity index is 479. The number of likely N-dealkylation sites (tertiary alicyclic amines) is 1. The van der Waals surface area contributed by atoms with Crippen molar-refractivity contribution in [3.63, 3.8) is 0 Å². The zero-order valence-electron chi connectivity index (χ0n) is 12.0. The molecule has 6 heteroatoms. The third-order valence-electron chi connectivity index (χ3n) is 3.79. The van der Waals surface area contributed by atoms with Gasteiger partial charge >= 0.3 is 5.69 Å². The molecule has 1 unspecified atom stereocenters. The fourth-order valence-electron chi connectivity index (χ4n) is 2.57. The number of nitro benzene ring substituents is 1. The number of hydrogen-bond acceptors (Lipinski definition) is 5. The Morgan fingerprint density at radius 3 is 2.95 bits per heavy atom. The fraction of sp³-hybridized carbons (Fsp3) is 0.571. The molecule has 1 aromatic rings. The molecule has 0 amide bonds. The first-order valence-corrected chi connectivity index (χ1v) is 6.92. The minimum Gasteiger partial charge on any atom is -0.490 e. The van der Waals surface area contributed by atoms with E-state index in [4.69, 9.17) is 4.74 Å². The van der Waals surface area contributed by atoms with Gasteiger partial charge in [0.1, 0.15) is 0 Å². The highest BCUT2D eigenvalue weighted by atomic mass is 16.6. The summed E-state index contributed by atoms with van der Waals surface area (Å²) in [5, 5.41) is 14.2. The second kappa shape index (κ2) is 6.56. The average Bonchev–Trinajstić information content (AvgIpc) is 2.92. The van der Waals surface area contributed by atoms with E-state index >= 15 is 0 Å². The van der Waals surface area contributed by atoms with Gasteiger partial charge in [0, 0.05) is 30.9 Å². The van der Waals surface area contributed by atoms with E-state index in [0.717, 1.165) is 31.9 Å². The molecule has 1 N–H and O–H groups in total. The second-order valence-electron chi connectivity index (χ2n) is 5.07. The predicted molar refractivity (Wildman–Crippen MR) is 78.4 cm³/mol. The lowest BCUT2D eigenvalue weighted by atomic mass is 10.1. The van der Waals surface area contributed by atoms with E-state index in [1.54, 1.807) is 12.1 Å². The molecule has 20 heavy (non-hydrogen) atoms. The maximum absolute atomic E-state index is 10.8. The largest absolute Gasteiger partial charge is 0.490 e. The summed E-state index contributed by atoms with van der Waals surface area (Å²) < 4.78 is 5.06. The molecule has 0 radical (unpaired) electrons. The van der Waals surface area contributed by atoms with Crippen LogP contribution in [0.4, 0.5) is 11.4 Å². The van der Waals surface area contributed by atoms with Gasteiger partial charge in [-0.2, -0.15) is 0 Å². The van der Waals surface area contributed by atoms with Gasteiger partial charge in [0.15, 0.2) is 5.75 Å². The molecule has 1 heterocycles. The molecular formula is C14H21N3O3. The van der Waals surface area contributed by atoms with Crippen molar-refractivity contribution in [1.29, 1.82) is 0 Å². The van der Waals surface area contributed by atoms with Crippen molar-refractivity contribution < 1.29 is 9.66 Å². The SMILES string of the molecule is CCN1CCC(CNc2ccc([N+](=O)[O-])c(OC)c2)C1. The van der Waals surface area contributed by atoms with Crippen LogP contribution in [0.25, 0.3) is 0 Å². The molecular weight excluding hydrogens is 258 g/mol. The number of hydrogen-bond donors (Lipinski definition) is 1. The van der Waals surface area contributed by atoms with Crippen molar-refractivity contribution in [2.24, 2.45) is 5.92 Å². The van der Waals surface area contributed by atoms with Crippen molar-refractivity contribution in [2.45, 2.75) is 13.3 Å². The Morgan fingerprint density at radius 2 is 2.35 bits per heavy atom. The van der Waals surface area contributed by atoms with E-state index in [1.807, 2.05) is 0 Å². The zero-order chi connectivity index (χ0) is 14.5. The quantitative estimate of drug-likeness (QED) is 0.639. The molecule has 0 bridgehead atoms. The van der Waals surface area contributed by atoms with Crippen LogP contribution in [0.2, 0.25) is 0 Å². The summed E-state index contributed by atoms with van der Waals surface area (Å²) in [6.07, 6.45) is 1.20. The predicted octanol–water partition coefficient (Wildman–Crippen LogP) is 2.36. The van der Waals surface area contributed by atoms with Crippen LogP contribution in [-0.4, -0.2) is 43.1 Å². The zero-order valence-corrected chi connectivity index (χ0v) is 12.0. The number of anilines is 1. The van der Waals surface area contributed by atoms with Gasteiger partial charge in [0.25, 0.3) is 0 Å². The number of benzene rings is 1. The Balaban J connectivity index is 1.95. The number of nitrogens with one attached hydrogen (secondary N) is 1. The molecule has 0 spiro atoms. The van der Waals surface area contributed by atoms with Gasteiger partial charge in [-0.1, -0.05) is 6.92 Å². The van der Waals surface area contributed by atoms with Crippen molar-refractivity contribution >= 4 is 11.4 Å². The van der Waals surface area contributed by atoms with Crippen molar-refractivity contribution in [1.82, 2.24) is 4.90 Å². The van der Waals surface area contributed by atoms with E-state index in [-0.39, 0.29) is 5.69 Å². The lowest BCUT2D eigenvalue weighted by Gasteiger charge is -2.14. The van der Waals surface area contributed by atoms with E-state index < -0.39 is 4.92 Å². The lowest BCUT2D eigenvalue weighted by molar-refractivity contribution is -0.385. The topological polar surface area (TPSA) is 67.6 Å². The molecule has 0 saturated carbocycles. The molecule has 1 fully saturated rings. The number of nitro groups is 1. The van der Waals surface area contributed by atoms with E-state index in [2.05, 4.69) is 17.1 Å². The highest BCUT2D eigenvalue weighted by molar-refractivity contribution is 5.57. The molecule has 1 aliphatic rings. The van der Waals surface area contributed by atoms with Crippen molar-refractivity contribution in [3.8, 4) is 5.75 Å². The minimum atomic E-state index is -0.432. The van der Waals surface area contributed by atoms with Gasteiger partial charge in [0.05, 0.1) is 12.0 Å². The number of methoxy groups -OCH3 is 1. The Hall–Kier alpha value is -1.82. The van der Waals surface area contributed by atoms with E-state index in [9.17, 15) is 10.1 Å². The van der Waals surface area contributed by atoms with Gasteiger partial charge in [-0.05, 0) is 31.5 Å². The highest BCUT2D eigenvalue weighted by Gasteiger charge is 2.21. The van der Waals surface area contributed by atoms with E-state index in [1.165, 1.54) is 19.6 Å². The third-order valence-corrected chi connectivity index (χ3v) is 3.79. The van der Waals surface area contributed by atoms with Crippen LogP contribution in [0.5, 0.6) is 5.75 Å². The molecule has 0 aliphatic carbocycles. The van der Waals surface area contributed by atoms with Crippen LogP contribution in [0, 0.1) is 16.0 Å². The standard InChI is InChI=1S/C14H21N3O3/c1-3-16-7-6-11(10-16)9-15-12-4-5-13(17(18)19)14(8-12)20-2/h4-5,8,11,15H,3,6-7,9-10H2,1-2H3. The summed E-state index contributed by atoms with van der Waals surface area (Å²) in [4.78, 5) is 12.8. The van der Waals surface area contributed by atoms with Gasteiger partial charge in [-0.25, -0.2) is 0 Å². The molecule has 6 nitrogen and oxygen atoms in total. The fourth-order valence-corrected chi connectivity index (χ4v) is 2.57. The summed E-state index contributed by atoms with van der Waals surface area (Å²) >= 11 is 0. The molecule has 1 aliphatic heterocycles. The number of ether oxygens (including phenoxy) is 1. The third kappa shape index (κ3) is 3.39. The molecule has 2 rings (SSSR count). The minimum absolute atomic E-state index is 0.00363. The summed E-state index contributed by atoms with van der Waals surface area (Å²) in [7, 11) is 1.45. The first-order chi connectivity index (χ1) is 9.63. The van der Waals surface area contributed by atoms with Crippen LogP contribution in [0.1, 0.15) is 13.3 Å². The summed E-state index contributed by atoms with van der Waals surface area (Å²) in [5.41, 5.74) is 0.860. The number of rotatable bonds is 6. The lowest BCUT2D eigenvalue weighted by Crippen LogP contribution is -2.22. The van der Waals surface area contributed by atoms with Gasteiger partial charge < -0.3 is 15.0 Å². The first-order valence-electron chi connectivity index (χ1n) is 6.92.